The van der Waals surface area contributed by atoms with Crippen molar-refractivity contribution in [3.05, 3.63) is 59.4 Å². The number of ether oxygens (including phenoxy) is 4. The molecule has 2 heterocycles. The number of alkyl carbamates (subject to hydrolysis) is 1. The number of para-hydroxylation sites is 2. The first-order chi connectivity index (χ1) is 24.4. The fourth-order valence-corrected chi connectivity index (χ4v) is 5.43. The molecule has 0 radical (unpaired) electrons. The SMILES string of the molecule is CN(Cc1nc2ccccc2[nH]1)C(=O)c1ccc2c(c1)CN(CCCOCCOCCOCCCNC(=O)OC(C)(C)C)C(=O)C(CC(=O)O)N2. The third-order valence-corrected chi connectivity index (χ3v) is 7.80. The molecule has 15 nitrogen and oxygen atoms in total. The van der Waals surface area contributed by atoms with Crippen molar-refractivity contribution in [3.8, 4) is 0 Å². The topological polar surface area (TPSA) is 185 Å². The lowest BCUT2D eigenvalue weighted by Crippen LogP contribution is -2.42. The maximum Gasteiger partial charge on any atom is 0.407 e. The largest absolute Gasteiger partial charge is 0.481 e. The highest BCUT2D eigenvalue weighted by atomic mass is 16.6. The van der Waals surface area contributed by atoms with Gasteiger partial charge in [-0.25, -0.2) is 9.78 Å². The molecule has 278 valence electrons. The van der Waals surface area contributed by atoms with Crippen LogP contribution >= 0.6 is 0 Å². The Labute approximate surface area is 298 Å². The minimum Gasteiger partial charge on any atom is -0.481 e. The quantitative estimate of drug-likeness (QED) is 0.133. The molecule has 3 amide bonds. The van der Waals surface area contributed by atoms with Crippen molar-refractivity contribution in [1.82, 2.24) is 25.1 Å². The van der Waals surface area contributed by atoms with E-state index < -0.39 is 23.7 Å². The zero-order valence-electron chi connectivity index (χ0n) is 29.9. The first-order valence-corrected chi connectivity index (χ1v) is 17.2. The Morgan fingerprint density at radius 2 is 1.69 bits per heavy atom. The van der Waals surface area contributed by atoms with Crippen LogP contribution in [-0.2, 0) is 41.6 Å². The first kappa shape index (κ1) is 39.1. The molecule has 1 aliphatic heterocycles. The van der Waals surface area contributed by atoms with Gasteiger partial charge in [0.15, 0.2) is 0 Å². The average Bonchev–Trinajstić information content (AvgIpc) is 3.43. The smallest absolute Gasteiger partial charge is 0.407 e. The lowest BCUT2D eigenvalue weighted by molar-refractivity contribution is -0.141. The van der Waals surface area contributed by atoms with E-state index in [4.69, 9.17) is 18.9 Å². The normalized spacial score (nSPS) is 14.5. The van der Waals surface area contributed by atoms with Crippen LogP contribution in [0.4, 0.5) is 10.5 Å². The van der Waals surface area contributed by atoms with Crippen LogP contribution in [0.3, 0.4) is 0 Å². The Balaban J connectivity index is 1.18. The number of aromatic nitrogens is 2. The number of nitrogens with one attached hydrogen (secondary N) is 3. The van der Waals surface area contributed by atoms with E-state index in [0.717, 1.165) is 16.6 Å². The van der Waals surface area contributed by atoms with Gasteiger partial charge in [-0.3, -0.25) is 14.4 Å². The molecule has 4 rings (SSSR count). The second-order valence-electron chi connectivity index (χ2n) is 13.3. The van der Waals surface area contributed by atoms with Gasteiger partial charge in [-0.2, -0.15) is 0 Å². The van der Waals surface area contributed by atoms with Crippen LogP contribution in [0.1, 0.15) is 61.8 Å². The second-order valence-corrected chi connectivity index (χ2v) is 13.3. The number of hydrogen-bond acceptors (Lipinski definition) is 10. The van der Waals surface area contributed by atoms with Crippen molar-refractivity contribution in [2.24, 2.45) is 0 Å². The minimum atomic E-state index is -1.09. The molecule has 2 aromatic carbocycles. The number of aliphatic carboxylic acids is 1. The second kappa shape index (κ2) is 19.0. The van der Waals surface area contributed by atoms with Crippen LogP contribution in [0.15, 0.2) is 42.5 Å². The van der Waals surface area contributed by atoms with Gasteiger partial charge in [0.25, 0.3) is 5.91 Å². The standard InChI is InChI=1S/C36H50N6O9/c1-36(2,3)51-35(47)37-13-7-15-48-17-19-50-20-18-49-16-8-14-42-23-26-21-25(11-12-27(26)38-30(34(42)46)22-32(43)44)33(45)41(4)24-31-39-28-9-5-6-10-29(28)40-31/h5-6,9-12,21,30,38H,7-8,13-20,22-24H2,1-4H3,(H,37,47)(H,39,40)(H,43,44). The molecule has 1 unspecified atom stereocenters. The van der Waals surface area contributed by atoms with Crippen molar-refractivity contribution in [2.75, 3.05) is 65.1 Å². The number of nitrogens with zero attached hydrogens (tertiary/aromatic N) is 3. The van der Waals surface area contributed by atoms with Crippen LogP contribution in [0.25, 0.3) is 11.0 Å². The molecule has 1 aromatic heterocycles. The Morgan fingerprint density at radius 3 is 2.37 bits per heavy atom. The minimum absolute atomic E-state index is 0.211. The van der Waals surface area contributed by atoms with Crippen LogP contribution in [-0.4, -0.2) is 120 Å². The summed E-state index contributed by atoms with van der Waals surface area (Å²) in [7, 11) is 1.70. The summed E-state index contributed by atoms with van der Waals surface area (Å²) in [6, 6.07) is 11.9. The number of carboxylic acids is 1. The van der Waals surface area contributed by atoms with Crippen molar-refractivity contribution in [1.29, 1.82) is 0 Å². The van der Waals surface area contributed by atoms with Crippen molar-refractivity contribution in [3.63, 3.8) is 0 Å². The number of carbonyl (C=O) groups is 4. The van der Waals surface area contributed by atoms with Crippen LogP contribution in [0.5, 0.6) is 0 Å². The third kappa shape index (κ3) is 12.8. The molecule has 0 saturated heterocycles. The number of carbonyl (C=O) groups excluding carboxylic acids is 3. The van der Waals surface area contributed by atoms with Crippen LogP contribution < -0.4 is 10.6 Å². The molecular weight excluding hydrogens is 660 g/mol. The number of imidazole rings is 1. The van der Waals surface area contributed by atoms with E-state index in [2.05, 4.69) is 20.6 Å². The molecule has 0 fully saturated rings. The van der Waals surface area contributed by atoms with Gasteiger partial charge in [-0.1, -0.05) is 12.1 Å². The summed E-state index contributed by atoms with van der Waals surface area (Å²) in [4.78, 5) is 61.0. The summed E-state index contributed by atoms with van der Waals surface area (Å²) in [6.45, 7) is 9.16. The molecule has 0 saturated carbocycles. The summed E-state index contributed by atoms with van der Waals surface area (Å²) in [6.07, 6.45) is 0.355. The summed E-state index contributed by atoms with van der Waals surface area (Å²) < 4.78 is 21.9. The molecule has 0 spiro atoms. The van der Waals surface area contributed by atoms with Crippen LogP contribution in [0, 0.1) is 0 Å². The molecular formula is C36H50N6O9. The summed E-state index contributed by atoms with van der Waals surface area (Å²) in [5.41, 5.74) is 2.96. The van der Waals surface area contributed by atoms with Gasteiger partial charge in [0.1, 0.15) is 17.5 Å². The number of fused-ring (bicyclic) bond motifs is 2. The monoisotopic (exact) mass is 710 g/mol. The average molecular weight is 711 g/mol. The van der Waals surface area contributed by atoms with E-state index in [1.807, 2.05) is 45.0 Å². The van der Waals surface area contributed by atoms with E-state index in [9.17, 15) is 24.3 Å². The molecule has 3 aromatic rings. The summed E-state index contributed by atoms with van der Waals surface area (Å²) >= 11 is 0. The fourth-order valence-electron chi connectivity index (χ4n) is 5.43. The molecule has 1 atom stereocenters. The molecule has 15 heteroatoms. The number of amides is 3. The Bertz CT molecular complexity index is 1590. The highest BCUT2D eigenvalue weighted by Gasteiger charge is 2.31. The Morgan fingerprint density at radius 1 is 1.00 bits per heavy atom. The maximum atomic E-state index is 13.4. The van der Waals surface area contributed by atoms with Crippen molar-refractivity contribution >= 4 is 40.6 Å². The predicted octanol–water partition coefficient (Wildman–Crippen LogP) is 3.79. The summed E-state index contributed by atoms with van der Waals surface area (Å²) in [5.74, 6) is -0.963. The highest BCUT2D eigenvalue weighted by molar-refractivity contribution is 5.95. The maximum absolute atomic E-state index is 13.4. The first-order valence-electron chi connectivity index (χ1n) is 17.2. The molecule has 0 aliphatic carbocycles. The number of hydrogen-bond donors (Lipinski definition) is 4. The predicted molar refractivity (Wildman–Crippen MR) is 189 cm³/mol. The number of benzene rings is 2. The lowest BCUT2D eigenvalue weighted by atomic mass is 10.1. The number of anilines is 1. The third-order valence-electron chi connectivity index (χ3n) is 7.80. The van der Waals surface area contributed by atoms with E-state index in [-0.39, 0.29) is 31.3 Å². The van der Waals surface area contributed by atoms with E-state index in [1.54, 1.807) is 35.0 Å². The highest BCUT2D eigenvalue weighted by Crippen LogP contribution is 2.26. The number of aromatic amines is 1. The number of carboxylic acid groups (broad SMARTS) is 1. The van der Waals surface area contributed by atoms with Gasteiger partial charge in [0.05, 0.1) is 50.4 Å². The summed E-state index contributed by atoms with van der Waals surface area (Å²) in [5, 5.41) is 15.2. The van der Waals surface area contributed by atoms with E-state index >= 15 is 0 Å². The molecule has 1 aliphatic rings. The zero-order chi connectivity index (χ0) is 36.8. The van der Waals surface area contributed by atoms with Crippen molar-refractivity contribution < 1.29 is 43.2 Å². The van der Waals surface area contributed by atoms with Crippen LogP contribution in [0.2, 0.25) is 0 Å². The fraction of sp³-hybridized carbons (Fsp3) is 0.528. The molecule has 4 N–H and O–H groups in total. The molecule has 51 heavy (non-hydrogen) atoms. The van der Waals surface area contributed by atoms with E-state index in [1.165, 1.54) is 0 Å². The Kier molecular flexibility index (Phi) is 14.6. The van der Waals surface area contributed by atoms with Crippen molar-refractivity contribution in [2.45, 2.75) is 64.8 Å². The van der Waals surface area contributed by atoms with Gasteiger partial charge in [-0.15, -0.1) is 0 Å². The Hall–Kier alpha value is -4.73. The van der Waals surface area contributed by atoms with Gasteiger partial charge in [0.2, 0.25) is 5.91 Å². The van der Waals surface area contributed by atoms with Gasteiger partial charge < -0.3 is 49.5 Å². The number of H-pyrrole nitrogens is 1. The van der Waals surface area contributed by atoms with Gasteiger partial charge >= 0.3 is 12.1 Å². The van der Waals surface area contributed by atoms with Gasteiger partial charge in [0, 0.05) is 51.1 Å². The number of rotatable bonds is 19. The zero-order valence-corrected chi connectivity index (χ0v) is 29.9. The van der Waals surface area contributed by atoms with Gasteiger partial charge in [-0.05, 0) is 69.5 Å². The molecule has 0 bridgehead atoms. The van der Waals surface area contributed by atoms with E-state index in [0.29, 0.717) is 82.6 Å². The lowest BCUT2D eigenvalue weighted by Gasteiger charge is -2.24.